The zero-order valence-electron chi connectivity index (χ0n) is 8.69. The molecule has 0 aromatic heterocycles. The number of aliphatic carboxylic acids is 1. The number of carboxylic acid groups (broad SMARTS) is 1. The third kappa shape index (κ3) is 3.20. The smallest absolute Gasteiger partial charge is 0.320 e. The van der Waals surface area contributed by atoms with Crippen LogP contribution >= 0.6 is 0 Å². The van der Waals surface area contributed by atoms with Gasteiger partial charge in [-0.3, -0.25) is 9.59 Å². The van der Waals surface area contributed by atoms with Crippen LogP contribution in [0.4, 0.5) is 0 Å². The minimum absolute atomic E-state index is 0.0815. The van der Waals surface area contributed by atoms with Crippen molar-refractivity contribution in [1.29, 1.82) is 0 Å². The van der Waals surface area contributed by atoms with Crippen molar-refractivity contribution in [1.82, 2.24) is 0 Å². The van der Waals surface area contributed by atoms with Crippen molar-refractivity contribution < 1.29 is 14.7 Å². The van der Waals surface area contributed by atoms with E-state index >= 15 is 0 Å². The molecule has 1 aliphatic rings. The van der Waals surface area contributed by atoms with Gasteiger partial charge in [-0.2, -0.15) is 0 Å². The molecule has 5 N–H and O–H groups in total. The van der Waals surface area contributed by atoms with Crippen molar-refractivity contribution in [2.24, 2.45) is 23.3 Å². The number of carboxylic acids is 1. The van der Waals surface area contributed by atoms with E-state index in [9.17, 15) is 9.59 Å². The summed E-state index contributed by atoms with van der Waals surface area (Å²) in [6.07, 6.45) is 4.18. The van der Waals surface area contributed by atoms with Crippen LogP contribution in [0.1, 0.15) is 32.1 Å². The first-order chi connectivity index (χ1) is 7.02. The van der Waals surface area contributed by atoms with Crippen molar-refractivity contribution in [2.75, 3.05) is 0 Å². The molecule has 2 unspecified atom stereocenters. The minimum Gasteiger partial charge on any atom is -0.480 e. The van der Waals surface area contributed by atoms with Gasteiger partial charge in [0.25, 0.3) is 0 Å². The summed E-state index contributed by atoms with van der Waals surface area (Å²) in [6.45, 7) is 0. The third-order valence-corrected chi connectivity index (χ3v) is 3.19. The van der Waals surface area contributed by atoms with Crippen LogP contribution in [0.25, 0.3) is 0 Å². The number of hydrogen-bond donors (Lipinski definition) is 3. The van der Waals surface area contributed by atoms with E-state index in [1.165, 1.54) is 0 Å². The molecule has 1 saturated carbocycles. The number of rotatable bonds is 5. The first-order valence-corrected chi connectivity index (χ1v) is 5.29. The lowest BCUT2D eigenvalue weighted by Crippen LogP contribution is -2.43. The van der Waals surface area contributed by atoms with Gasteiger partial charge in [-0.1, -0.05) is 25.7 Å². The molecule has 2 atom stereocenters. The highest BCUT2D eigenvalue weighted by molar-refractivity contribution is 5.77. The molecule has 5 nitrogen and oxygen atoms in total. The van der Waals surface area contributed by atoms with E-state index in [0.717, 1.165) is 25.7 Å². The van der Waals surface area contributed by atoms with E-state index in [0.29, 0.717) is 0 Å². The molecule has 1 aliphatic carbocycles. The number of nitrogens with two attached hydrogens (primary N) is 2. The average molecular weight is 214 g/mol. The zero-order valence-corrected chi connectivity index (χ0v) is 8.69. The Bertz CT molecular complexity index is 249. The topological polar surface area (TPSA) is 106 Å². The molecule has 0 bridgehead atoms. The Labute approximate surface area is 88.8 Å². The molecule has 1 fully saturated rings. The normalized spacial score (nSPS) is 21.1. The molecule has 0 heterocycles. The summed E-state index contributed by atoms with van der Waals surface area (Å²) in [5.74, 6) is -1.58. The Hall–Kier alpha value is -1.10. The first-order valence-electron chi connectivity index (χ1n) is 5.29. The lowest BCUT2D eigenvalue weighted by atomic mass is 9.82. The minimum atomic E-state index is -1.05. The summed E-state index contributed by atoms with van der Waals surface area (Å²) in [5.41, 5.74) is 10.7. The molecular weight excluding hydrogens is 196 g/mol. The molecule has 0 saturated heterocycles. The second kappa shape index (κ2) is 5.11. The van der Waals surface area contributed by atoms with Gasteiger partial charge in [0, 0.05) is 6.42 Å². The van der Waals surface area contributed by atoms with Crippen LogP contribution in [-0.4, -0.2) is 23.0 Å². The Morgan fingerprint density at radius 2 is 1.87 bits per heavy atom. The molecule has 0 spiro atoms. The van der Waals surface area contributed by atoms with Gasteiger partial charge in [0.05, 0.1) is 0 Å². The third-order valence-electron chi connectivity index (χ3n) is 3.19. The molecule has 0 aromatic carbocycles. The van der Waals surface area contributed by atoms with Gasteiger partial charge in [-0.15, -0.1) is 0 Å². The number of hydrogen-bond acceptors (Lipinski definition) is 3. The van der Waals surface area contributed by atoms with Gasteiger partial charge in [0.1, 0.15) is 6.04 Å². The monoisotopic (exact) mass is 214 g/mol. The Morgan fingerprint density at radius 1 is 1.33 bits per heavy atom. The highest BCUT2D eigenvalue weighted by Crippen LogP contribution is 2.34. The van der Waals surface area contributed by atoms with E-state index in [2.05, 4.69) is 0 Å². The summed E-state index contributed by atoms with van der Waals surface area (Å²) in [7, 11) is 0. The second-order valence-corrected chi connectivity index (χ2v) is 4.24. The molecule has 1 amide bonds. The standard InChI is InChI=1S/C10H18N2O3/c11-8(13)5-7(9(12)10(14)15)6-3-1-2-4-6/h6-7,9H,1-5,12H2,(H2,11,13)(H,14,15). The fraction of sp³-hybridized carbons (Fsp3) is 0.800. The molecular formula is C10H18N2O3. The van der Waals surface area contributed by atoms with E-state index in [-0.39, 0.29) is 18.3 Å². The van der Waals surface area contributed by atoms with E-state index in [4.69, 9.17) is 16.6 Å². The Kier molecular flexibility index (Phi) is 4.08. The largest absolute Gasteiger partial charge is 0.480 e. The highest BCUT2D eigenvalue weighted by atomic mass is 16.4. The fourth-order valence-electron chi connectivity index (χ4n) is 2.39. The van der Waals surface area contributed by atoms with Gasteiger partial charge in [-0.05, 0) is 11.8 Å². The van der Waals surface area contributed by atoms with E-state index in [1.807, 2.05) is 0 Å². The maximum absolute atomic E-state index is 10.9. The van der Waals surface area contributed by atoms with Crippen molar-refractivity contribution in [3.63, 3.8) is 0 Å². The quantitative estimate of drug-likeness (QED) is 0.602. The van der Waals surface area contributed by atoms with Crippen LogP contribution in [0, 0.1) is 11.8 Å². The van der Waals surface area contributed by atoms with Crippen LogP contribution in [0.5, 0.6) is 0 Å². The maximum atomic E-state index is 10.9. The lowest BCUT2D eigenvalue weighted by Gasteiger charge is -2.25. The SMILES string of the molecule is NC(=O)CC(C1CCCC1)C(N)C(=O)O. The molecule has 0 aliphatic heterocycles. The van der Waals surface area contributed by atoms with Crippen LogP contribution < -0.4 is 11.5 Å². The predicted molar refractivity (Wildman–Crippen MR) is 54.9 cm³/mol. The number of carbonyl (C=O) groups excluding carboxylic acids is 1. The second-order valence-electron chi connectivity index (χ2n) is 4.24. The Morgan fingerprint density at radius 3 is 2.27 bits per heavy atom. The maximum Gasteiger partial charge on any atom is 0.320 e. The van der Waals surface area contributed by atoms with Crippen molar-refractivity contribution in [3.8, 4) is 0 Å². The number of carbonyl (C=O) groups is 2. The van der Waals surface area contributed by atoms with Crippen LogP contribution in [0.2, 0.25) is 0 Å². The first kappa shape index (κ1) is 12.0. The van der Waals surface area contributed by atoms with Gasteiger partial charge < -0.3 is 16.6 Å². The van der Waals surface area contributed by atoms with Gasteiger partial charge in [0.15, 0.2) is 0 Å². The summed E-state index contributed by atoms with van der Waals surface area (Å²) in [5, 5.41) is 8.85. The summed E-state index contributed by atoms with van der Waals surface area (Å²) < 4.78 is 0. The van der Waals surface area contributed by atoms with Crippen LogP contribution in [0.3, 0.4) is 0 Å². The van der Waals surface area contributed by atoms with Gasteiger partial charge >= 0.3 is 5.97 Å². The van der Waals surface area contributed by atoms with Crippen LogP contribution in [0.15, 0.2) is 0 Å². The molecule has 15 heavy (non-hydrogen) atoms. The van der Waals surface area contributed by atoms with E-state index in [1.54, 1.807) is 0 Å². The summed E-state index contributed by atoms with van der Waals surface area (Å²) >= 11 is 0. The molecule has 0 aromatic rings. The van der Waals surface area contributed by atoms with Crippen molar-refractivity contribution >= 4 is 11.9 Å². The predicted octanol–water partition coefficient (Wildman–Crippen LogP) is 0.0801. The average Bonchev–Trinajstić information content (AvgIpc) is 2.65. The number of primary amides is 1. The fourth-order valence-corrected chi connectivity index (χ4v) is 2.39. The molecule has 86 valence electrons. The summed E-state index contributed by atoms with van der Waals surface area (Å²) in [6, 6.07) is -0.972. The molecule has 0 radical (unpaired) electrons. The lowest BCUT2D eigenvalue weighted by molar-refractivity contribution is -0.140. The molecule has 5 heteroatoms. The van der Waals surface area contributed by atoms with E-state index < -0.39 is 17.9 Å². The Balaban J connectivity index is 2.67. The van der Waals surface area contributed by atoms with Gasteiger partial charge in [-0.25, -0.2) is 0 Å². The molecule has 1 rings (SSSR count). The van der Waals surface area contributed by atoms with Crippen molar-refractivity contribution in [3.05, 3.63) is 0 Å². The number of amides is 1. The van der Waals surface area contributed by atoms with Gasteiger partial charge in [0.2, 0.25) is 5.91 Å². The summed E-state index contributed by atoms with van der Waals surface area (Å²) in [4.78, 5) is 21.7. The van der Waals surface area contributed by atoms with Crippen LogP contribution in [-0.2, 0) is 9.59 Å². The van der Waals surface area contributed by atoms with Crippen molar-refractivity contribution in [2.45, 2.75) is 38.1 Å². The highest BCUT2D eigenvalue weighted by Gasteiger charge is 2.34. The zero-order chi connectivity index (χ0) is 11.4.